The van der Waals surface area contributed by atoms with Crippen LogP contribution >= 0.6 is 11.6 Å². The smallest absolute Gasteiger partial charge is 0.248 e. The standard InChI is InChI=1S/C36H36ClF2N5O4/c1-20-41-35-29(43(20)2)19-30(48-4)32(33(35)37)24-7-6-16-44-27(24)13-14-28(44)36(46)21-17-25(38)34(26(39)18-21)42-31(45)8-5-15-40-22-9-11-23(47-3)12-10-22/h5-8,13-14,16-19,22-23,40H,9-12,15H2,1-4H3,(H,42,45)/b8-5+. The quantitative estimate of drug-likeness (QED) is 0.122. The van der Waals surface area contributed by atoms with E-state index in [2.05, 4.69) is 15.6 Å². The molecule has 0 spiro atoms. The highest BCUT2D eigenvalue weighted by atomic mass is 35.5. The van der Waals surface area contributed by atoms with Gasteiger partial charge in [0, 0.05) is 61.8 Å². The molecule has 0 saturated heterocycles. The summed E-state index contributed by atoms with van der Waals surface area (Å²) in [6, 6.07) is 10.9. The van der Waals surface area contributed by atoms with Gasteiger partial charge in [-0.05, 0) is 62.9 Å². The van der Waals surface area contributed by atoms with E-state index in [-0.39, 0.29) is 11.3 Å². The number of nitrogens with zero attached hydrogens (tertiary/aromatic N) is 3. The molecule has 0 radical (unpaired) electrons. The van der Waals surface area contributed by atoms with Crippen LogP contribution in [0.1, 0.15) is 47.6 Å². The van der Waals surface area contributed by atoms with Crippen LogP contribution in [0.3, 0.4) is 0 Å². The van der Waals surface area contributed by atoms with Crippen LogP contribution in [-0.2, 0) is 16.6 Å². The number of halogens is 3. The number of aryl methyl sites for hydroxylation is 2. The SMILES string of the molecule is COc1cc2c(nc(C)n2C)c(Cl)c1-c1cccn2c(C(=O)c3cc(F)c(NC(=O)/C=C/CNC4CCC(OC)CC4)c(F)c3)ccc12. The number of amides is 1. The summed E-state index contributed by atoms with van der Waals surface area (Å²) in [5, 5.41) is 6.01. The molecule has 1 saturated carbocycles. The summed E-state index contributed by atoms with van der Waals surface area (Å²) < 4.78 is 45.0. The molecule has 0 unspecified atom stereocenters. The fraction of sp³-hybridized carbons (Fsp3) is 0.306. The van der Waals surface area contributed by atoms with E-state index in [9.17, 15) is 9.59 Å². The number of hydrogen-bond acceptors (Lipinski definition) is 6. The molecule has 9 nitrogen and oxygen atoms in total. The summed E-state index contributed by atoms with van der Waals surface area (Å²) >= 11 is 6.92. The number of carbonyl (C=O) groups is 2. The lowest BCUT2D eigenvalue weighted by Crippen LogP contribution is -2.35. The number of anilines is 1. The van der Waals surface area contributed by atoms with Gasteiger partial charge in [-0.15, -0.1) is 0 Å². The third-order valence-electron chi connectivity index (χ3n) is 9.07. The lowest BCUT2D eigenvalue weighted by Gasteiger charge is -2.27. The Labute approximate surface area is 281 Å². The number of nitrogens with one attached hydrogen (secondary N) is 2. The average molecular weight is 676 g/mol. The van der Waals surface area contributed by atoms with Crippen LogP contribution < -0.4 is 15.4 Å². The molecule has 250 valence electrons. The molecule has 1 fully saturated rings. The number of methoxy groups -OCH3 is 2. The lowest BCUT2D eigenvalue weighted by molar-refractivity contribution is -0.112. The van der Waals surface area contributed by atoms with E-state index in [1.54, 1.807) is 49.1 Å². The van der Waals surface area contributed by atoms with Gasteiger partial charge in [-0.3, -0.25) is 9.59 Å². The molecule has 1 aliphatic rings. The summed E-state index contributed by atoms with van der Waals surface area (Å²) in [4.78, 5) is 30.7. The monoisotopic (exact) mass is 675 g/mol. The van der Waals surface area contributed by atoms with Crippen molar-refractivity contribution in [3.63, 3.8) is 0 Å². The Hall–Kier alpha value is -4.58. The van der Waals surface area contributed by atoms with Gasteiger partial charge in [0.15, 0.2) is 0 Å². The molecule has 3 aromatic heterocycles. The Kier molecular flexibility index (Phi) is 9.63. The second-order valence-corrected chi connectivity index (χ2v) is 12.3. The molecule has 0 bridgehead atoms. The van der Waals surface area contributed by atoms with Crippen molar-refractivity contribution in [3.8, 4) is 16.9 Å². The van der Waals surface area contributed by atoms with Crippen LogP contribution in [0.5, 0.6) is 5.75 Å². The molecule has 2 N–H and O–H groups in total. The Morgan fingerprint density at radius 2 is 1.79 bits per heavy atom. The van der Waals surface area contributed by atoms with E-state index in [0.717, 1.165) is 49.2 Å². The third-order valence-corrected chi connectivity index (χ3v) is 9.44. The Morgan fingerprint density at radius 1 is 1.06 bits per heavy atom. The van der Waals surface area contributed by atoms with E-state index >= 15 is 8.78 Å². The van der Waals surface area contributed by atoms with Crippen molar-refractivity contribution in [2.45, 2.75) is 44.8 Å². The van der Waals surface area contributed by atoms with Gasteiger partial charge >= 0.3 is 0 Å². The summed E-state index contributed by atoms with van der Waals surface area (Å²) in [5.41, 5.74) is 2.67. The molecular formula is C36H36ClF2N5O4. The molecule has 1 amide bonds. The highest BCUT2D eigenvalue weighted by Crippen LogP contribution is 2.43. The van der Waals surface area contributed by atoms with Gasteiger partial charge in [0.1, 0.15) is 34.4 Å². The zero-order valence-corrected chi connectivity index (χ0v) is 27.8. The fourth-order valence-corrected chi connectivity index (χ4v) is 6.70. The van der Waals surface area contributed by atoms with Gasteiger partial charge in [-0.25, -0.2) is 13.8 Å². The zero-order chi connectivity index (χ0) is 34.1. The van der Waals surface area contributed by atoms with Crippen molar-refractivity contribution < 1.29 is 27.8 Å². The molecule has 6 rings (SSSR count). The van der Waals surface area contributed by atoms with Crippen molar-refractivity contribution in [1.29, 1.82) is 0 Å². The summed E-state index contributed by atoms with van der Waals surface area (Å²) in [7, 11) is 5.16. The van der Waals surface area contributed by atoms with Crippen molar-refractivity contribution in [2.24, 2.45) is 7.05 Å². The molecule has 3 heterocycles. The second-order valence-electron chi connectivity index (χ2n) is 11.9. The number of ether oxygens (including phenoxy) is 2. The molecular weight excluding hydrogens is 640 g/mol. The molecule has 48 heavy (non-hydrogen) atoms. The normalized spacial score (nSPS) is 16.6. The predicted octanol–water partition coefficient (Wildman–Crippen LogP) is 7.01. The first-order valence-electron chi connectivity index (χ1n) is 15.7. The van der Waals surface area contributed by atoms with E-state index in [0.29, 0.717) is 51.6 Å². The number of hydrogen-bond donors (Lipinski definition) is 2. The van der Waals surface area contributed by atoms with Crippen molar-refractivity contribution in [3.05, 3.63) is 94.6 Å². The van der Waals surface area contributed by atoms with Gasteiger partial charge in [-0.1, -0.05) is 23.7 Å². The minimum absolute atomic E-state index is 0.179. The number of pyridine rings is 1. The molecule has 5 aromatic rings. The first-order chi connectivity index (χ1) is 23.1. The molecule has 12 heteroatoms. The minimum atomic E-state index is -1.06. The highest BCUT2D eigenvalue weighted by molar-refractivity contribution is 6.38. The number of ketones is 1. The zero-order valence-electron chi connectivity index (χ0n) is 27.1. The van der Waals surface area contributed by atoms with Gasteiger partial charge in [-0.2, -0.15) is 0 Å². The Bertz CT molecular complexity index is 2040. The number of aromatic nitrogens is 3. The topological polar surface area (TPSA) is 98.9 Å². The van der Waals surface area contributed by atoms with E-state index in [1.807, 2.05) is 30.7 Å². The first-order valence-corrected chi connectivity index (χ1v) is 16.1. The highest BCUT2D eigenvalue weighted by Gasteiger charge is 2.24. The third kappa shape index (κ3) is 6.33. The van der Waals surface area contributed by atoms with E-state index in [4.69, 9.17) is 21.1 Å². The van der Waals surface area contributed by atoms with Crippen LogP contribution in [0.25, 0.3) is 27.7 Å². The maximum absolute atomic E-state index is 15.2. The number of fused-ring (bicyclic) bond motifs is 2. The lowest BCUT2D eigenvalue weighted by atomic mass is 9.93. The van der Waals surface area contributed by atoms with Gasteiger partial charge < -0.3 is 29.1 Å². The Morgan fingerprint density at radius 3 is 2.48 bits per heavy atom. The second kappa shape index (κ2) is 13.9. The van der Waals surface area contributed by atoms with Gasteiger partial charge in [0.25, 0.3) is 0 Å². The first kappa shape index (κ1) is 33.3. The largest absolute Gasteiger partial charge is 0.496 e. The van der Waals surface area contributed by atoms with Gasteiger partial charge in [0.2, 0.25) is 11.7 Å². The maximum atomic E-state index is 15.2. The van der Waals surface area contributed by atoms with Crippen LogP contribution in [0.4, 0.5) is 14.5 Å². The fourth-order valence-electron chi connectivity index (χ4n) is 6.36. The number of carbonyl (C=O) groups excluding carboxylic acids is 2. The van der Waals surface area contributed by atoms with E-state index in [1.165, 1.54) is 6.08 Å². The average Bonchev–Trinajstić information content (AvgIpc) is 3.65. The summed E-state index contributed by atoms with van der Waals surface area (Å²) in [6.07, 6.45) is 8.72. The van der Waals surface area contributed by atoms with Crippen molar-refractivity contribution in [1.82, 2.24) is 19.3 Å². The van der Waals surface area contributed by atoms with Crippen molar-refractivity contribution in [2.75, 3.05) is 26.1 Å². The van der Waals surface area contributed by atoms with E-state index < -0.39 is 29.0 Å². The molecule has 2 aromatic carbocycles. The number of benzene rings is 2. The predicted molar refractivity (Wildman–Crippen MR) is 182 cm³/mol. The molecule has 1 aliphatic carbocycles. The number of imidazole rings is 1. The Balaban J connectivity index is 1.21. The summed E-state index contributed by atoms with van der Waals surface area (Å²) in [5.74, 6) is -2.12. The van der Waals surface area contributed by atoms with Crippen LogP contribution in [0.2, 0.25) is 5.02 Å². The van der Waals surface area contributed by atoms with Crippen molar-refractivity contribution >= 4 is 45.5 Å². The number of rotatable bonds is 10. The van der Waals surface area contributed by atoms with Crippen LogP contribution in [-0.4, -0.2) is 58.6 Å². The maximum Gasteiger partial charge on any atom is 0.248 e. The van der Waals surface area contributed by atoms with Crippen LogP contribution in [0, 0.1) is 18.6 Å². The minimum Gasteiger partial charge on any atom is -0.496 e. The van der Waals surface area contributed by atoms with Gasteiger partial charge in [0.05, 0.1) is 35.0 Å². The molecule has 0 atom stereocenters. The summed E-state index contributed by atoms with van der Waals surface area (Å²) in [6.45, 7) is 2.32. The van der Waals surface area contributed by atoms with Crippen LogP contribution in [0.15, 0.2) is 60.8 Å². The molecule has 0 aliphatic heterocycles.